The molecule has 4 aliphatic rings. The van der Waals surface area contributed by atoms with Gasteiger partial charge in [-0.15, -0.1) is 0 Å². The van der Waals surface area contributed by atoms with Crippen LogP contribution in [0, 0.1) is 34.5 Å². The van der Waals surface area contributed by atoms with Gasteiger partial charge in [-0.2, -0.15) is 0 Å². The van der Waals surface area contributed by atoms with Gasteiger partial charge in [0.25, 0.3) is 0 Å². The van der Waals surface area contributed by atoms with Crippen LogP contribution in [0.5, 0.6) is 0 Å². The fourth-order valence-corrected chi connectivity index (χ4v) is 8.33. The lowest BCUT2D eigenvalue weighted by Crippen LogP contribution is -2.54. The number of hydrogen-bond donors (Lipinski definition) is 1. The maximum Gasteiger partial charge on any atom is 0.0493 e. The minimum Gasteiger partial charge on any atom is -0.396 e. The van der Waals surface area contributed by atoms with E-state index in [0.29, 0.717) is 24.0 Å². The van der Waals surface area contributed by atoms with E-state index in [4.69, 9.17) is 0 Å². The van der Waals surface area contributed by atoms with Crippen LogP contribution in [0.4, 0.5) is 0 Å². The average molecular weight is 389 g/mol. The van der Waals surface area contributed by atoms with Gasteiger partial charge in [0.2, 0.25) is 0 Å². The molecule has 1 N–H and O–H groups in total. The summed E-state index contributed by atoms with van der Waals surface area (Å²) in [7, 11) is 8.93. The van der Waals surface area contributed by atoms with E-state index >= 15 is 0 Å². The highest BCUT2D eigenvalue weighted by atomic mass is 16.3. The number of fused-ring (bicyclic) bond motifs is 5. The molecule has 4 rings (SSSR count). The minimum atomic E-state index is 0.174. The van der Waals surface area contributed by atoms with Crippen LogP contribution in [0.1, 0.15) is 65.2 Å². The van der Waals surface area contributed by atoms with Gasteiger partial charge in [-0.25, -0.2) is 0 Å². The van der Waals surface area contributed by atoms with Gasteiger partial charge < -0.3 is 14.9 Å². The quantitative estimate of drug-likeness (QED) is 0.722. The summed E-state index contributed by atoms with van der Waals surface area (Å²) in [6.45, 7) is 5.39. The molecule has 0 aromatic carbocycles. The second kappa shape index (κ2) is 7.39. The van der Waals surface area contributed by atoms with Gasteiger partial charge in [0.1, 0.15) is 0 Å². The van der Waals surface area contributed by atoms with Crippen molar-refractivity contribution in [3.63, 3.8) is 0 Å². The van der Waals surface area contributed by atoms with Crippen molar-refractivity contribution in [1.29, 1.82) is 0 Å². The van der Waals surface area contributed by atoms with Crippen LogP contribution in [0.2, 0.25) is 0 Å². The Hall–Kier alpha value is -0.380. The second-order valence-corrected chi connectivity index (χ2v) is 11.4. The van der Waals surface area contributed by atoms with E-state index in [2.05, 4.69) is 57.9 Å². The van der Waals surface area contributed by atoms with Gasteiger partial charge in [0.05, 0.1) is 0 Å². The topological polar surface area (TPSA) is 26.7 Å². The molecule has 0 radical (unpaired) electrons. The van der Waals surface area contributed by atoms with Gasteiger partial charge in [-0.05, 0) is 116 Å². The highest BCUT2D eigenvalue weighted by molar-refractivity contribution is 5.26. The Morgan fingerprint density at radius 3 is 2.46 bits per heavy atom. The predicted molar refractivity (Wildman–Crippen MR) is 117 cm³/mol. The molecule has 4 aliphatic carbocycles. The molecule has 3 heteroatoms. The number of hydrogen-bond acceptors (Lipinski definition) is 3. The summed E-state index contributed by atoms with van der Waals surface area (Å²) in [5.74, 6) is 3.02. The molecule has 0 amide bonds. The van der Waals surface area contributed by atoms with Crippen molar-refractivity contribution in [3.05, 3.63) is 11.6 Å². The SMILES string of the molecule is C[C@H]([C@@H]1CC[C@H]2[C@H]3CC=C4C[C@H](N(C)C)CC[C@]4(C)[C@H]3CC[C@@]21CO)N(C)C. The highest BCUT2D eigenvalue weighted by Gasteiger charge is 2.61. The predicted octanol–water partition coefficient (Wildman–Crippen LogP) is 4.42. The largest absolute Gasteiger partial charge is 0.396 e. The number of rotatable bonds is 4. The van der Waals surface area contributed by atoms with E-state index in [0.717, 1.165) is 23.8 Å². The number of allylic oxidation sites excluding steroid dienone is 1. The van der Waals surface area contributed by atoms with Gasteiger partial charge in [-0.3, -0.25) is 0 Å². The van der Waals surface area contributed by atoms with Crippen LogP contribution in [0.3, 0.4) is 0 Å². The summed E-state index contributed by atoms with van der Waals surface area (Å²) < 4.78 is 0. The Morgan fingerprint density at radius 2 is 1.82 bits per heavy atom. The Balaban J connectivity index is 1.62. The molecule has 28 heavy (non-hydrogen) atoms. The van der Waals surface area contributed by atoms with Crippen molar-refractivity contribution in [2.45, 2.75) is 77.3 Å². The first kappa shape index (κ1) is 20.9. The minimum absolute atomic E-state index is 0.174. The van der Waals surface area contributed by atoms with Gasteiger partial charge in [-0.1, -0.05) is 18.6 Å². The third-order valence-electron chi connectivity index (χ3n) is 10.3. The molecule has 0 spiro atoms. The molecular weight excluding hydrogens is 344 g/mol. The standard InChI is InChI=1S/C25H44N2O/c1-17(26(3)4)21-9-10-23-20-8-7-18-15-19(27(5)6)11-13-24(18,2)22(20)12-14-25(21,23)16-28/h7,17,19-23,28H,8-16H2,1-6H3/t17-,19-,20+,21+,22+,23+,24+,25+/m1/s1. The van der Waals surface area contributed by atoms with Crippen molar-refractivity contribution in [2.75, 3.05) is 34.8 Å². The van der Waals surface area contributed by atoms with Crippen molar-refractivity contribution >= 4 is 0 Å². The normalized spacial score (nSPS) is 46.8. The number of aliphatic hydroxyl groups is 1. The van der Waals surface area contributed by atoms with Crippen molar-refractivity contribution in [1.82, 2.24) is 9.80 Å². The van der Waals surface area contributed by atoms with Gasteiger partial charge in [0.15, 0.2) is 0 Å². The lowest BCUT2D eigenvalue weighted by Gasteiger charge is -2.59. The zero-order chi connectivity index (χ0) is 20.3. The zero-order valence-electron chi connectivity index (χ0n) is 19.2. The van der Waals surface area contributed by atoms with E-state index in [9.17, 15) is 5.11 Å². The fourth-order valence-electron chi connectivity index (χ4n) is 8.33. The molecule has 0 bridgehead atoms. The van der Waals surface area contributed by atoms with Crippen LogP contribution in [-0.2, 0) is 0 Å². The molecule has 0 aliphatic heterocycles. The molecule has 3 saturated carbocycles. The number of nitrogens with zero attached hydrogens (tertiary/aromatic N) is 2. The van der Waals surface area contributed by atoms with E-state index in [1.165, 1.54) is 51.4 Å². The summed E-state index contributed by atoms with van der Waals surface area (Å²) >= 11 is 0. The van der Waals surface area contributed by atoms with E-state index in [1.807, 2.05) is 0 Å². The molecular formula is C25H44N2O. The molecule has 3 fully saturated rings. The first-order chi connectivity index (χ1) is 13.2. The maximum atomic E-state index is 10.7. The molecule has 160 valence electrons. The molecule has 0 saturated heterocycles. The average Bonchev–Trinajstić information content (AvgIpc) is 3.06. The number of aliphatic hydroxyl groups excluding tert-OH is 1. The fraction of sp³-hybridized carbons (Fsp3) is 0.920. The summed E-state index contributed by atoms with van der Waals surface area (Å²) in [4.78, 5) is 4.83. The first-order valence-electron chi connectivity index (χ1n) is 11.9. The second-order valence-electron chi connectivity index (χ2n) is 11.4. The van der Waals surface area contributed by atoms with Gasteiger partial charge in [0, 0.05) is 24.1 Å². The third-order valence-corrected chi connectivity index (χ3v) is 10.3. The molecule has 0 heterocycles. The van der Waals surface area contributed by atoms with Crippen LogP contribution in [-0.4, -0.2) is 61.8 Å². The van der Waals surface area contributed by atoms with Crippen LogP contribution in [0.25, 0.3) is 0 Å². The van der Waals surface area contributed by atoms with Crippen LogP contribution in [0.15, 0.2) is 11.6 Å². The third kappa shape index (κ3) is 2.94. The monoisotopic (exact) mass is 388 g/mol. The van der Waals surface area contributed by atoms with E-state index in [1.54, 1.807) is 5.57 Å². The van der Waals surface area contributed by atoms with Gasteiger partial charge >= 0.3 is 0 Å². The highest BCUT2D eigenvalue weighted by Crippen LogP contribution is 2.66. The summed E-state index contributed by atoms with van der Waals surface area (Å²) in [6, 6.07) is 1.29. The zero-order valence-corrected chi connectivity index (χ0v) is 19.2. The van der Waals surface area contributed by atoms with E-state index < -0.39 is 0 Å². The lowest BCUT2D eigenvalue weighted by molar-refractivity contribution is -0.0892. The summed E-state index contributed by atoms with van der Waals surface area (Å²) in [5.41, 5.74) is 2.36. The molecule has 0 aromatic rings. The molecule has 3 nitrogen and oxygen atoms in total. The molecule has 8 atom stereocenters. The Kier molecular flexibility index (Phi) is 5.51. The molecule has 0 aromatic heterocycles. The summed E-state index contributed by atoms with van der Waals surface area (Å²) in [6.07, 6.45) is 13.1. The maximum absolute atomic E-state index is 10.7. The Morgan fingerprint density at radius 1 is 1.07 bits per heavy atom. The van der Waals surface area contributed by atoms with Crippen molar-refractivity contribution < 1.29 is 5.11 Å². The van der Waals surface area contributed by atoms with Crippen LogP contribution < -0.4 is 0 Å². The van der Waals surface area contributed by atoms with Crippen LogP contribution >= 0.6 is 0 Å². The Labute approximate surface area is 173 Å². The smallest absolute Gasteiger partial charge is 0.0493 e. The lowest BCUT2D eigenvalue weighted by atomic mass is 9.46. The molecule has 0 unspecified atom stereocenters. The van der Waals surface area contributed by atoms with E-state index in [-0.39, 0.29) is 5.41 Å². The van der Waals surface area contributed by atoms with Crippen molar-refractivity contribution in [3.8, 4) is 0 Å². The Bertz CT molecular complexity index is 614. The summed E-state index contributed by atoms with van der Waals surface area (Å²) in [5, 5.41) is 10.7. The first-order valence-corrected chi connectivity index (χ1v) is 11.9. The van der Waals surface area contributed by atoms with Crippen molar-refractivity contribution in [2.24, 2.45) is 34.5 Å².